The van der Waals surface area contributed by atoms with Crippen LogP contribution < -0.4 is 0 Å². The number of benzene rings is 2. The van der Waals surface area contributed by atoms with Crippen LogP contribution in [0.15, 0.2) is 42.5 Å². The van der Waals surface area contributed by atoms with E-state index >= 15 is 0 Å². The second kappa shape index (κ2) is 5.90. The SMILES string of the molecule is N#CC(C(=O)c1ccccc1)c1ccc([N+](=O)[O-])c2nsnc12. The van der Waals surface area contributed by atoms with Gasteiger partial charge in [-0.15, -0.1) is 0 Å². The van der Waals surface area contributed by atoms with Crippen molar-refractivity contribution in [2.75, 3.05) is 0 Å². The van der Waals surface area contributed by atoms with Gasteiger partial charge in [0.05, 0.1) is 22.7 Å². The average molecular weight is 324 g/mol. The van der Waals surface area contributed by atoms with E-state index in [4.69, 9.17) is 0 Å². The minimum absolute atomic E-state index is 0.0959. The van der Waals surface area contributed by atoms with Crippen LogP contribution in [0.1, 0.15) is 21.8 Å². The Labute approximate surface area is 134 Å². The van der Waals surface area contributed by atoms with Gasteiger partial charge in [-0.05, 0) is 6.07 Å². The molecule has 0 aliphatic heterocycles. The first-order chi connectivity index (χ1) is 11.1. The molecule has 0 N–H and O–H groups in total. The third kappa shape index (κ3) is 2.54. The third-order valence-corrected chi connectivity index (χ3v) is 3.91. The lowest BCUT2D eigenvalue weighted by Crippen LogP contribution is -2.12. The minimum atomic E-state index is -1.09. The molecule has 0 spiro atoms. The fraction of sp³-hybridized carbons (Fsp3) is 0.0667. The largest absolute Gasteiger partial charge is 0.298 e. The molecule has 7 nitrogen and oxygen atoms in total. The van der Waals surface area contributed by atoms with Gasteiger partial charge in [0.1, 0.15) is 11.4 Å². The standard InChI is InChI=1S/C15H8N4O3S/c16-8-11(15(20)9-4-2-1-3-5-9)10-6-7-12(19(21)22)14-13(10)17-23-18-14/h1-7,11H. The predicted molar refractivity (Wildman–Crippen MR) is 83.2 cm³/mol. The third-order valence-electron chi connectivity index (χ3n) is 3.38. The highest BCUT2D eigenvalue weighted by molar-refractivity contribution is 7.00. The normalized spacial score (nSPS) is 11.8. The second-order valence-corrected chi connectivity index (χ2v) is 5.21. The first-order valence-electron chi connectivity index (χ1n) is 6.52. The number of rotatable bonds is 4. The van der Waals surface area contributed by atoms with Gasteiger partial charge in [-0.2, -0.15) is 14.0 Å². The number of ketones is 1. The summed E-state index contributed by atoms with van der Waals surface area (Å²) in [5.74, 6) is -1.47. The molecule has 0 bridgehead atoms. The van der Waals surface area contributed by atoms with Crippen LogP contribution >= 0.6 is 11.7 Å². The predicted octanol–water partition coefficient (Wildman–Crippen LogP) is 3.09. The number of nitrogens with zero attached hydrogens (tertiary/aromatic N) is 4. The molecular formula is C15H8N4O3S. The Morgan fingerprint density at radius 1 is 1.17 bits per heavy atom. The molecule has 1 unspecified atom stereocenters. The van der Waals surface area contributed by atoms with Crippen molar-refractivity contribution in [1.29, 1.82) is 5.26 Å². The average Bonchev–Trinajstić information content (AvgIpc) is 3.05. The minimum Gasteiger partial charge on any atom is -0.292 e. The first kappa shape index (κ1) is 14.7. The van der Waals surface area contributed by atoms with Crippen LogP contribution in [0.25, 0.3) is 11.0 Å². The number of carbonyl (C=O) groups excluding carboxylic acids is 1. The van der Waals surface area contributed by atoms with Crippen molar-refractivity contribution in [3.05, 3.63) is 63.7 Å². The molecule has 3 aromatic rings. The number of hydrogen-bond acceptors (Lipinski definition) is 7. The molecule has 0 aliphatic carbocycles. The van der Waals surface area contributed by atoms with Crippen molar-refractivity contribution in [3.8, 4) is 6.07 Å². The Morgan fingerprint density at radius 2 is 1.87 bits per heavy atom. The van der Waals surface area contributed by atoms with Gasteiger partial charge < -0.3 is 0 Å². The zero-order chi connectivity index (χ0) is 16.4. The van der Waals surface area contributed by atoms with Crippen molar-refractivity contribution in [2.24, 2.45) is 0 Å². The maximum absolute atomic E-state index is 12.6. The van der Waals surface area contributed by atoms with Gasteiger partial charge in [0.25, 0.3) is 5.69 Å². The van der Waals surface area contributed by atoms with Crippen molar-refractivity contribution in [3.63, 3.8) is 0 Å². The number of nitriles is 1. The summed E-state index contributed by atoms with van der Waals surface area (Å²) in [5.41, 5.74) is 0.851. The van der Waals surface area contributed by atoms with Crippen LogP contribution in [0.5, 0.6) is 0 Å². The highest BCUT2D eigenvalue weighted by Gasteiger charge is 2.27. The van der Waals surface area contributed by atoms with Crippen LogP contribution in [0.2, 0.25) is 0 Å². The second-order valence-electron chi connectivity index (χ2n) is 4.68. The van der Waals surface area contributed by atoms with Gasteiger partial charge in [0.2, 0.25) is 0 Å². The summed E-state index contributed by atoms with van der Waals surface area (Å²) in [4.78, 5) is 23.0. The van der Waals surface area contributed by atoms with Crippen LogP contribution in [0.4, 0.5) is 5.69 Å². The Hall–Kier alpha value is -3.18. The Bertz CT molecular complexity index is 946. The monoisotopic (exact) mass is 324 g/mol. The van der Waals surface area contributed by atoms with E-state index in [0.29, 0.717) is 11.1 Å². The number of fused-ring (bicyclic) bond motifs is 1. The number of hydrogen-bond donors (Lipinski definition) is 0. The molecule has 0 saturated heterocycles. The molecule has 0 fully saturated rings. The lowest BCUT2D eigenvalue weighted by Gasteiger charge is -2.09. The van der Waals surface area contributed by atoms with Crippen molar-refractivity contribution in [2.45, 2.75) is 5.92 Å². The molecule has 0 radical (unpaired) electrons. The fourth-order valence-electron chi connectivity index (χ4n) is 2.29. The lowest BCUT2D eigenvalue weighted by molar-refractivity contribution is -0.383. The molecule has 1 aromatic heterocycles. The van der Waals surface area contributed by atoms with Gasteiger partial charge in [0.15, 0.2) is 11.3 Å². The maximum Gasteiger partial charge on any atom is 0.298 e. The summed E-state index contributed by atoms with van der Waals surface area (Å²) >= 11 is 0.809. The molecule has 0 aliphatic rings. The lowest BCUT2D eigenvalue weighted by atomic mass is 9.91. The number of nitro groups is 1. The molecule has 1 heterocycles. The Kier molecular flexibility index (Phi) is 3.78. The maximum atomic E-state index is 12.6. The molecule has 3 rings (SSSR count). The summed E-state index contributed by atoms with van der Waals surface area (Å²) in [6, 6.07) is 13.0. The number of nitro benzene ring substituents is 1. The van der Waals surface area contributed by atoms with Gasteiger partial charge in [0, 0.05) is 17.2 Å². The molecule has 23 heavy (non-hydrogen) atoms. The zero-order valence-electron chi connectivity index (χ0n) is 11.5. The molecular weight excluding hydrogens is 316 g/mol. The highest BCUT2D eigenvalue weighted by Crippen LogP contribution is 2.32. The van der Waals surface area contributed by atoms with E-state index in [-0.39, 0.29) is 22.5 Å². The van der Waals surface area contributed by atoms with Gasteiger partial charge in [-0.25, -0.2) is 0 Å². The summed E-state index contributed by atoms with van der Waals surface area (Å²) in [5, 5.41) is 20.5. The summed E-state index contributed by atoms with van der Waals surface area (Å²) < 4.78 is 7.95. The topological polar surface area (TPSA) is 110 Å². The van der Waals surface area contributed by atoms with Crippen LogP contribution in [-0.2, 0) is 0 Å². The number of Topliss-reactive ketones (excluding diaryl/α,β-unsaturated/α-hetero) is 1. The van der Waals surface area contributed by atoms with E-state index in [0.717, 1.165) is 11.7 Å². The smallest absolute Gasteiger partial charge is 0.292 e. The summed E-state index contributed by atoms with van der Waals surface area (Å²) in [6.45, 7) is 0. The van der Waals surface area contributed by atoms with E-state index in [1.165, 1.54) is 12.1 Å². The highest BCUT2D eigenvalue weighted by atomic mass is 32.1. The first-order valence-corrected chi connectivity index (χ1v) is 7.25. The van der Waals surface area contributed by atoms with Gasteiger partial charge in [-0.1, -0.05) is 30.3 Å². The number of aromatic nitrogens is 2. The van der Waals surface area contributed by atoms with Crippen LogP contribution in [0.3, 0.4) is 0 Å². The van der Waals surface area contributed by atoms with Crippen molar-refractivity contribution < 1.29 is 9.72 Å². The van der Waals surface area contributed by atoms with Crippen LogP contribution in [0, 0.1) is 21.4 Å². The summed E-state index contributed by atoms with van der Waals surface area (Å²) in [6.07, 6.45) is 0. The molecule has 0 saturated carbocycles. The number of carbonyl (C=O) groups is 1. The van der Waals surface area contributed by atoms with E-state index in [1.807, 2.05) is 6.07 Å². The van der Waals surface area contributed by atoms with E-state index < -0.39 is 10.8 Å². The molecule has 2 aromatic carbocycles. The summed E-state index contributed by atoms with van der Waals surface area (Å²) in [7, 11) is 0. The van der Waals surface area contributed by atoms with E-state index in [9.17, 15) is 20.2 Å². The molecule has 112 valence electrons. The van der Waals surface area contributed by atoms with E-state index in [2.05, 4.69) is 8.75 Å². The fourth-order valence-corrected chi connectivity index (χ4v) is 2.87. The van der Waals surface area contributed by atoms with Crippen molar-refractivity contribution >= 4 is 34.2 Å². The Balaban J connectivity index is 2.14. The molecule has 8 heteroatoms. The van der Waals surface area contributed by atoms with Gasteiger partial charge >= 0.3 is 0 Å². The van der Waals surface area contributed by atoms with Gasteiger partial charge in [-0.3, -0.25) is 14.9 Å². The van der Waals surface area contributed by atoms with E-state index in [1.54, 1.807) is 30.3 Å². The Morgan fingerprint density at radius 3 is 2.52 bits per heavy atom. The van der Waals surface area contributed by atoms with Crippen LogP contribution in [-0.4, -0.2) is 19.5 Å². The molecule has 1 atom stereocenters. The zero-order valence-corrected chi connectivity index (χ0v) is 12.4. The quantitative estimate of drug-likeness (QED) is 0.414. The molecule has 0 amide bonds. The van der Waals surface area contributed by atoms with Crippen molar-refractivity contribution in [1.82, 2.24) is 8.75 Å². The number of non-ortho nitro benzene ring substituents is 1.